The van der Waals surface area contributed by atoms with Crippen LogP contribution in [0, 0.1) is 13.8 Å². The van der Waals surface area contributed by atoms with Gasteiger partial charge in [0.15, 0.2) is 29.6 Å². The monoisotopic (exact) mass is 635 g/mol. The number of carbonyl (C=O) groups is 4. The minimum absolute atomic E-state index is 0.0799. The number of imide groups is 2. The predicted molar refractivity (Wildman–Crippen MR) is 170 cm³/mol. The summed E-state index contributed by atoms with van der Waals surface area (Å²) in [5.74, 6) is -1.06. The van der Waals surface area contributed by atoms with Crippen molar-refractivity contribution in [1.82, 2.24) is 5.32 Å². The highest BCUT2D eigenvalue weighted by molar-refractivity contribution is 6.39. The summed E-state index contributed by atoms with van der Waals surface area (Å²) in [6.07, 6.45) is 2.07. The van der Waals surface area contributed by atoms with Gasteiger partial charge < -0.3 is 24.3 Å². The van der Waals surface area contributed by atoms with Gasteiger partial charge in [0.1, 0.15) is 5.57 Å². The van der Waals surface area contributed by atoms with E-state index in [2.05, 4.69) is 10.6 Å². The van der Waals surface area contributed by atoms with Crippen LogP contribution in [0.5, 0.6) is 23.0 Å². The minimum atomic E-state index is -0.914. The Kier molecular flexibility index (Phi) is 10.7. The number of ether oxygens (including phenoxy) is 4. The van der Waals surface area contributed by atoms with Crippen molar-refractivity contribution in [3.63, 3.8) is 0 Å². The maximum Gasteiger partial charge on any atom is 0.335 e. The Hall–Kier alpha value is -5.03. The van der Waals surface area contributed by atoms with Crippen molar-refractivity contribution in [2.75, 3.05) is 37.1 Å². The fraction of sp³-hybridized carbons (Fsp3) is 0.273. The first-order valence-corrected chi connectivity index (χ1v) is 14.6. The van der Waals surface area contributed by atoms with Crippen LogP contribution in [0.1, 0.15) is 37.0 Å². The highest BCUT2D eigenvalue weighted by atomic mass is 35.5. The zero-order valence-electron chi connectivity index (χ0n) is 25.6. The molecule has 1 aliphatic rings. The van der Waals surface area contributed by atoms with Gasteiger partial charge in [-0.1, -0.05) is 30.7 Å². The number of urea groups is 1. The first kappa shape index (κ1) is 32.9. The lowest BCUT2D eigenvalue weighted by atomic mass is 10.1. The molecule has 0 unspecified atom stereocenters. The minimum Gasteiger partial charge on any atom is -0.493 e. The lowest BCUT2D eigenvalue weighted by Gasteiger charge is -2.27. The average Bonchev–Trinajstić information content (AvgIpc) is 3.00. The van der Waals surface area contributed by atoms with Crippen LogP contribution in [0.2, 0.25) is 5.02 Å². The van der Waals surface area contributed by atoms with E-state index in [-0.39, 0.29) is 41.0 Å². The number of aryl methyl sites for hydroxylation is 1. The molecular formula is C33H34ClN3O8. The molecule has 0 aromatic heterocycles. The number of barbiturate groups is 1. The van der Waals surface area contributed by atoms with Crippen LogP contribution < -0.4 is 34.5 Å². The summed E-state index contributed by atoms with van der Waals surface area (Å²) in [6.45, 7) is 7.91. The van der Waals surface area contributed by atoms with E-state index in [9.17, 15) is 19.2 Å². The molecule has 2 N–H and O–H groups in total. The van der Waals surface area contributed by atoms with Crippen LogP contribution >= 0.6 is 11.6 Å². The van der Waals surface area contributed by atoms with Gasteiger partial charge in [-0.05, 0) is 80.3 Å². The molecule has 45 heavy (non-hydrogen) atoms. The number of nitrogens with one attached hydrogen (secondary N) is 2. The van der Waals surface area contributed by atoms with Gasteiger partial charge in [-0.15, -0.1) is 0 Å². The first-order chi connectivity index (χ1) is 21.6. The third kappa shape index (κ3) is 7.55. The number of hydrogen-bond donors (Lipinski definition) is 2. The smallest absolute Gasteiger partial charge is 0.335 e. The van der Waals surface area contributed by atoms with Crippen molar-refractivity contribution in [3.8, 4) is 23.0 Å². The first-order valence-electron chi connectivity index (χ1n) is 14.2. The van der Waals surface area contributed by atoms with Crippen molar-refractivity contribution in [3.05, 3.63) is 75.8 Å². The highest BCUT2D eigenvalue weighted by Gasteiger charge is 2.37. The maximum atomic E-state index is 13.5. The SMILES string of the molecule is CCCOc1ccc(N2C(=O)NC(=O)/C(=C/c3cc(Cl)c(OCC(=O)Nc4cccc(C)c4C)c(OCC)c3)C2=O)cc1OC. The number of hydrogen-bond acceptors (Lipinski definition) is 8. The van der Waals surface area contributed by atoms with E-state index in [4.69, 9.17) is 30.5 Å². The normalized spacial score (nSPS) is 13.9. The Labute approximate surface area is 266 Å². The van der Waals surface area contributed by atoms with Crippen LogP contribution in [0.3, 0.4) is 0 Å². The average molecular weight is 636 g/mol. The number of benzene rings is 3. The lowest BCUT2D eigenvalue weighted by Crippen LogP contribution is -2.54. The zero-order chi connectivity index (χ0) is 32.7. The van der Waals surface area contributed by atoms with Crippen molar-refractivity contribution < 1.29 is 38.1 Å². The van der Waals surface area contributed by atoms with E-state index in [0.717, 1.165) is 22.4 Å². The molecule has 3 aromatic rings. The molecule has 0 spiro atoms. The van der Waals surface area contributed by atoms with Crippen LogP contribution in [-0.2, 0) is 14.4 Å². The molecule has 12 heteroatoms. The van der Waals surface area contributed by atoms with Crippen LogP contribution in [-0.4, -0.2) is 50.7 Å². The van der Waals surface area contributed by atoms with E-state index in [1.165, 1.54) is 37.5 Å². The summed E-state index contributed by atoms with van der Waals surface area (Å²) >= 11 is 6.54. The Bertz CT molecular complexity index is 1670. The Morgan fingerprint density at radius 1 is 0.978 bits per heavy atom. The molecule has 0 radical (unpaired) electrons. The number of carbonyl (C=O) groups excluding carboxylic acids is 4. The molecule has 4 rings (SSSR count). The molecule has 236 valence electrons. The molecule has 1 fully saturated rings. The summed E-state index contributed by atoms with van der Waals surface area (Å²) in [4.78, 5) is 52.6. The largest absolute Gasteiger partial charge is 0.493 e. The van der Waals surface area contributed by atoms with Crippen molar-refractivity contribution in [1.29, 1.82) is 0 Å². The molecule has 1 heterocycles. The van der Waals surface area contributed by atoms with Gasteiger partial charge in [0, 0.05) is 11.8 Å². The van der Waals surface area contributed by atoms with E-state index in [1.807, 2.05) is 32.9 Å². The van der Waals surface area contributed by atoms with Crippen molar-refractivity contribution >= 4 is 52.8 Å². The van der Waals surface area contributed by atoms with E-state index in [1.54, 1.807) is 19.1 Å². The Balaban J connectivity index is 1.59. The van der Waals surface area contributed by atoms with Crippen molar-refractivity contribution in [2.45, 2.75) is 34.1 Å². The predicted octanol–water partition coefficient (Wildman–Crippen LogP) is 5.84. The van der Waals surface area contributed by atoms with Gasteiger partial charge in [0.2, 0.25) is 0 Å². The van der Waals surface area contributed by atoms with Crippen LogP contribution in [0.15, 0.2) is 54.1 Å². The molecule has 5 amide bonds. The number of anilines is 2. The molecule has 3 aromatic carbocycles. The summed E-state index contributed by atoms with van der Waals surface area (Å²) < 4.78 is 22.5. The summed E-state index contributed by atoms with van der Waals surface area (Å²) in [5.41, 5.74) is 2.82. The van der Waals surface area contributed by atoms with Gasteiger partial charge in [0.25, 0.3) is 17.7 Å². The number of amides is 5. The maximum absolute atomic E-state index is 13.5. The topological polar surface area (TPSA) is 132 Å². The van der Waals surface area contributed by atoms with Gasteiger partial charge >= 0.3 is 6.03 Å². The van der Waals surface area contributed by atoms with Gasteiger partial charge in [0.05, 0.1) is 31.0 Å². The quantitative estimate of drug-likeness (QED) is 0.187. The van der Waals surface area contributed by atoms with E-state index in [0.29, 0.717) is 29.4 Å². The third-order valence-electron chi connectivity index (χ3n) is 6.84. The summed E-state index contributed by atoms with van der Waals surface area (Å²) in [6, 6.07) is 12.2. The molecule has 11 nitrogen and oxygen atoms in total. The molecule has 0 aliphatic carbocycles. The third-order valence-corrected chi connectivity index (χ3v) is 7.12. The number of nitrogens with zero attached hydrogens (tertiary/aromatic N) is 1. The Morgan fingerprint density at radius 2 is 1.76 bits per heavy atom. The molecule has 0 saturated carbocycles. The zero-order valence-corrected chi connectivity index (χ0v) is 26.4. The molecule has 1 saturated heterocycles. The van der Waals surface area contributed by atoms with Crippen LogP contribution in [0.4, 0.5) is 16.2 Å². The molecule has 0 bridgehead atoms. The van der Waals surface area contributed by atoms with E-state index >= 15 is 0 Å². The van der Waals surface area contributed by atoms with Gasteiger partial charge in [-0.3, -0.25) is 19.7 Å². The lowest BCUT2D eigenvalue weighted by molar-refractivity contribution is -0.122. The summed E-state index contributed by atoms with van der Waals surface area (Å²) in [5, 5.41) is 5.10. The number of rotatable bonds is 12. The fourth-order valence-electron chi connectivity index (χ4n) is 4.47. The second-order valence-electron chi connectivity index (χ2n) is 9.99. The number of halogens is 1. The Morgan fingerprint density at radius 3 is 2.47 bits per heavy atom. The molecule has 0 atom stereocenters. The fourth-order valence-corrected chi connectivity index (χ4v) is 4.74. The van der Waals surface area contributed by atoms with Gasteiger partial charge in [-0.25, -0.2) is 9.69 Å². The number of methoxy groups -OCH3 is 1. The standard InChI is InChI=1S/C33H34ClN3O8/c1-6-13-44-26-12-11-22(17-27(26)42-5)37-32(40)23(31(39)36-33(37)41)14-21-15-24(34)30(28(16-21)43-7-2)45-18-29(38)35-25-10-8-9-19(3)20(25)4/h8-12,14-17H,6-7,13,18H2,1-5H3,(H,35,38)(H,36,39,41)/b23-14-. The molecular weight excluding hydrogens is 602 g/mol. The van der Waals surface area contributed by atoms with E-state index < -0.39 is 23.8 Å². The molecule has 1 aliphatic heterocycles. The second kappa shape index (κ2) is 14.6. The summed E-state index contributed by atoms with van der Waals surface area (Å²) in [7, 11) is 1.44. The van der Waals surface area contributed by atoms with Crippen molar-refractivity contribution in [2.24, 2.45) is 0 Å². The van der Waals surface area contributed by atoms with Crippen LogP contribution in [0.25, 0.3) is 6.08 Å². The second-order valence-corrected chi connectivity index (χ2v) is 10.4. The highest BCUT2D eigenvalue weighted by Crippen LogP contribution is 2.38. The van der Waals surface area contributed by atoms with Gasteiger partial charge in [-0.2, -0.15) is 0 Å².